The van der Waals surface area contributed by atoms with Crippen molar-refractivity contribution >= 4 is 5.97 Å². The summed E-state index contributed by atoms with van der Waals surface area (Å²) in [6, 6.07) is 27.8. The van der Waals surface area contributed by atoms with Gasteiger partial charge < -0.3 is 18.9 Å². The molecule has 8 heteroatoms. The standard InChI is InChI=1S/C27H27N3O5/c28-30-29-24-26(34-18-22-14-8-3-9-15-22)25(33-17-21-12-6-2-7-13-21)23(35-27(24)31)19-32-16-20-10-4-1-5-11-20/h1-15,23-26H,16-19H2/t23-,24-,25+,26-/m1/s1. The molecule has 0 amide bonds. The van der Waals surface area contributed by atoms with Crippen LogP contribution in [-0.2, 0) is 43.6 Å². The van der Waals surface area contributed by atoms with E-state index in [1.165, 1.54) is 0 Å². The van der Waals surface area contributed by atoms with Gasteiger partial charge in [0.05, 0.1) is 26.4 Å². The molecule has 0 bridgehead atoms. The lowest BCUT2D eigenvalue weighted by Gasteiger charge is -2.39. The predicted molar refractivity (Wildman–Crippen MR) is 129 cm³/mol. The summed E-state index contributed by atoms with van der Waals surface area (Å²) in [6.07, 6.45) is -2.29. The van der Waals surface area contributed by atoms with Crippen molar-refractivity contribution in [3.63, 3.8) is 0 Å². The third-order valence-electron chi connectivity index (χ3n) is 5.65. The normalized spacial score (nSPS) is 21.7. The first-order valence-electron chi connectivity index (χ1n) is 11.4. The Morgan fingerprint density at radius 2 is 1.23 bits per heavy atom. The van der Waals surface area contributed by atoms with Gasteiger partial charge in [-0.05, 0) is 22.2 Å². The largest absolute Gasteiger partial charge is 0.457 e. The fraction of sp³-hybridized carbons (Fsp3) is 0.296. The summed E-state index contributed by atoms with van der Waals surface area (Å²) < 4.78 is 23.9. The molecule has 0 saturated carbocycles. The zero-order valence-electron chi connectivity index (χ0n) is 19.2. The molecule has 3 aromatic carbocycles. The van der Waals surface area contributed by atoms with Gasteiger partial charge in [-0.25, -0.2) is 0 Å². The fourth-order valence-electron chi connectivity index (χ4n) is 3.90. The van der Waals surface area contributed by atoms with E-state index in [1.54, 1.807) is 0 Å². The van der Waals surface area contributed by atoms with Crippen molar-refractivity contribution in [3.05, 3.63) is 118 Å². The maximum absolute atomic E-state index is 12.8. The lowest BCUT2D eigenvalue weighted by molar-refractivity contribution is -0.209. The van der Waals surface area contributed by atoms with Crippen molar-refractivity contribution in [1.82, 2.24) is 0 Å². The first-order valence-corrected chi connectivity index (χ1v) is 11.4. The van der Waals surface area contributed by atoms with E-state index in [-0.39, 0.29) is 19.8 Å². The number of nitrogens with zero attached hydrogens (tertiary/aromatic N) is 3. The minimum Gasteiger partial charge on any atom is -0.457 e. The van der Waals surface area contributed by atoms with E-state index in [0.29, 0.717) is 6.61 Å². The average molecular weight is 474 g/mol. The van der Waals surface area contributed by atoms with Gasteiger partial charge in [-0.15, -0.1) is 0 Å². The molecule has 3 aromatic rings. The third kappa shape index (κ3) is 6.91. The number of rotatable bonds is 11. The van der Waals surface area contributed by atoms with Gasteiger partial charge in [-0.3, -0.25) is 4.79 Å². The molecule has 0 aliphatic carbocycles. The molecule has 1 aliphatic rings. The molecule has 4 atom stereocenters. The first kappa shape index (κ1) is 24.4. The predicted octanol–water partition coefficient (Wildman–Crippen LogP) is 4.98. The Kier molecular flexibility index (Phi) is 8.86. The highest BCUT2D eigenvalue weighted by atomic mass is 16.6. The first-order chi connectivity index (χ1) is 17.2. The summed E-state index contributed by atoms with van der Waals surface area (Å²) in [4.78, 5) is 15.6. The van der Waals surface area contributed by atoms with Gasteiger partial charge in [-0.1, -0.05) is 96.1 Å². The van der Waals surface area contributed by atoms with E-state index in [0.717, 1.165) is 16.7 Å². The number of benzene rings is 3. The lowest BCUT2D eigenvalue weighted by atomic mass is 9.97. The highest BCUT2D eigenvalue weighted by Gasteiger charge is 2.47. The number of hydrogen-bond acceptors (Lipinski definition) is 6. The van der Waals surface area contributed by atoms with E-state index in [2.05, 4.69) is 10.0 Å². The van der Waals surface area contributed by atoms with Crippen molar-refractivity contribution in [2.45, 2.75) is 44.2 Å². The van der Waals surface area contributed by atoms with Gasteiger partial charge >= 0.3 is 5.97 Å². The Morgan fingerprint density at radius 1 is 0.743 bits per heavy atom. The van der Waals surface area contributed by atoms with Gasteiger partial charge in [0.2, 0.25) is 0 Å². The van der Waals surface area contributed by atoms with Crippen LogP contribution in [0.1, 0.15) is 16.7 Å². The number of ether oxygens (including phenoxy) is 4. The molecule has 1 fully saturated rings. The molecule has 35 heavy (non-hydrogen) atoms. The molecular formula is C27H27N3O5. The van der Waals surface area contributed by atoms with Crippen LogP contribution in [0.5, 0.6) is 0 Å². The maximum Gasteiger partial charge on any atom is 0.318 e. The number of carbonyl (C=O) groups excluding carboxylic acids is 1. The Hall–Kier alpha value is -3.68. The van der Waals surface area contributed by atoms with E-state index in [4.69, 9.17) is 24.5 Å². The monoisotopic (exact) mass is 473 g/mol. The van der Waals surface area contributed by atoms with Gasteiger partial charge in [0.15, 0.2) is 12.1 Å². The molecule has 1 saturated heterocycles. The van der Waals surface area contributed by atoms with Crippen LogP contribution in [0, 0.1) is 0 Å². The molecule has 0 N–H and O–H groups in total. The maximum atomic E-state index is 12.8. The zero-order chi connectivity index (χ0) is 24.3. The van der Waals surface area contributed by atoms with Crippen LogP contribution in [0.15, 0.2) is 96.1 Å². The van der Waals surface area contributed by atoms with Crippen LogP contribution in [0.4, 0.5) is 0 Å². The molecule has 1 heterocycles. The lowest BCUT2D eigenvalue weighted by Crippen LogP contribution is -2.58. The van der Waals surface area contributed by atoms with Crippen LogP contribution in [0.25, 0.3) is 10.4 Å². The van der Waals surface area contributed by atoms with Gasteiger partial charge in [0.1, 0.15) is 12.2 Å². The summed E-state index contributed by atoms with van der Waals surface area (Å²) in [5.74, 6) is -0.659. The quantitative estimate of drug-likeness (QED) is 0.169. The van der Waals surface area contributed by atoms with Crippen LogP contribution in [0.3, 0.4) is 0 Å². The zero-order valence-corrected chi connectivity index (χ0v) is 19.2. The molecule has 0 unspecified atom stereocenters. The molecule has 4 rings (SSSR count). The van der Waals surface area contributed by atoms with Gasteiger partial charge in [0, 0.05) is 4.91 Å². The fourth-order valence-corrected chi connectivity index (χ4v) is 3.90. The second-order valence-corrected chi connectivity index (χ2v) is 8.15. The molecule has 8 nitrogen and oxygen atoms in total. The highest BCUT2D eigenvalue weighted by molar-refractivity contribution is 5.78. The summed E-state index contributed by atoms with van der Waals surface area (Å²) in [6.45, 7) is 0.954. The average Bonchev–Trinajstić information content (AvgIpc) is 2.90. The number of cyclic esters (lactones) is 1. The molecule has 0 aromatic heterocycles. The molecule has 0 spiro atoms. The van der Waals surface area contributed by atoms with Crippen LogP contribution in [-0.4, -0.2) is 36.9 Å². The summed E-state index contributed by atoms with van der Waals surface area (Å²) in [5.41, 5.74) is 12.0. The third-order valence-corrected chi connectivity index (χ3v) is 5.65. The number of azide groups is 1. The number of carbonyl (C=O) groups is 1. The second kappa shape index (κ2) is 12.7. The van der Waals surface area contributed by atoms with Crippen molar-refractivity contribution < 1.29 is 23.7 Å². The van der Waals surface area contributed by atoms with Crippen LogP contribution in [0.2, 0.25) is 0 Å². The Bertz CT molecular complexity index is 1110. The minimum atomic E-state index is -1.17. The van der Waals surface area contributed by atoms with Crippen molar-refractivity contribution in [2.75, 3.05) is 6.61 Å². The molecule has 0 radical (unpaired) electrons. The minimum absolute atomic E-state index is 0.105. The van der Waals surface area contributed by atoms with E-state index in [9.17, 15) is 4.79 Å². The Morgan fingerprint density at radius 3 is 1.74 bits per heavy atom. The van der Waals surface area contributed by atoms with Crippen molar-refractivity contribution in [3.8, 4) is 0 Å². The van der Waals surface area contributed by atoms with Crippen molar-refractivity contribution in [1.29, 1.82) is 0 Å². The highest BCUT2D eigenvalue weighted by Crippen LogP contribution is 2.27. The smallest absolute Gasteiger partial charge is 0.318 e. The summed E-state index contributed by atoms with van der Waals surface area (Å²) in [5, 5.41) is 3.69. The van der Waals surface area contributed by atoms with Gasteiger partial charge in [0.25, 0.3) is 0 Å². The van der Waals surface area contributed by atoms with E-state index in [1.807, 2.05) is 91.0 Å². The number of esters is 1. The Labute approximate surface area is 204 Å². The van der Waals surface area contributed by atoms with E-state index >= 15 is 0 Å². The molecular weight excluding hydrogens is 446 g/mol. The molecule has 1 aliphatic heterocycles. The summed E-state index contributed by atoms with van der Waals surface area (Å²) in [7, 11) is 0. The molecule has 180 valence electrons. The van der Waals surface area contributed by atoms with Crippen LogP contribution >= 0.6 is 0 Å². The van der Waals surface area contributed by atoms with Crippen molar-refractivity contribution in [2.24, 2.45) is 5.11 Å². The Balaban J connectivity index is 1.53. The SMILES string of the molecule is [N-]=[N+]=N[C@H]1C(=O)O[C@H](COCc2ccccc2)[C@H](OCc2ccccc2)[C@@H]1OCc1ccccc1. The summed E-state index contributed by atoms with van der Waals surface area (Å²) >= 11 is 0. The number of hydrogen-bond donors (Lipinski definition) is 0. The van der Waals surface area contributed by atoms with Crippen LogP contribution < -0.4 is 0 Å². The van der Waals surface area contributed by atoms with Gasteiger partial charge in [-0.2, -0.15) is 0 Å². The topological polar surface area (TPSA) is 103 Å². The van der Waals surface area contributed by atoms with E-state index < -0.39 is 30.3 Å². The second-order valence-electron chi connectivity index (χ2n) is 8.15.